The SMILES string of the molecule is CC(C)(C)[Si](C)(C)O[C@@H]1C(=O)C=C[C@H]1O[Si](C)(C)C. The van der Waals surface area contributed by atoms with Gasteiger partial charge in [0.2, 0.25) is 0 Å². The molecule has 19 heavy (non-hydrogen) atoms. The van der Waals surface area contributed by atoms with Crippen molar-refractivity contribution >= 4 is 22.4 Å². The van der Waals surface area contributed by atoms with Crippen molar-refractivity contribution in [3.8, 4) is 0 Å². The second-order valence-corrected chi connectivity index (χ2v) is 17.0. The molecule has 0 saturated heterocycles. The average Bonchev–Trinajstić information content (AvgIpc) is 2.45. The first-order valence-corrected chi connectivity index (χ1v) is 13.2. The van der Waals surface area contributed by atoms with Crippen LogP contribution in [0.3, 0.4) is 0 Å². The topological polar surface area (TPSA) is 35.5 Å². The quantitative estimate of drug-likeness (QED) is 0.742. The van der Waals surface area contributed by atoms with E-state index >= 15 is 0 Å². The summed E-state index contributed by atoms with van der Waals surface area (Å²) in [4.78, 5) is 12.0. The highest BCUT2D eigenvalue weighted by atomic mass is 28.4. The number of ketones is 1. The van der Waals surface area contributed by atoms with Crippen LogP contribution in [0.2, 0.25) is 37.8 Å². The van der Waals surface area contributed by atoms with E-state index in [2.05, 4.69) is 53.5 Å². The van der Waals surface area contributed by atoms with Crippen LogP contribution in [0, 0.1) is 0 Å². The van der Waals surface area contributed by atoms with Gasteiger partial charge in [0.1, 0.15) is 6.10 Å². The van der Waals surface area contributed by atoms with Gasteiger partial charge in [-0.15, -0.1) is 0 Å². The fraction of sp³-hybridized carbons (Fsp3) is 0.786. The lowest BCUT2D eigenvalue weighted by Crippen LogP contribution is -2.49. The average molecular weight is 301 g/mol. The zero-order valence-corrected chi connectivity index (χ0v) is 15.5. The maximum Gasteiger partial charge on any atom is 0.193 e. The summed E-state index contributed by atoms with van der Waals surface area (Å²) in [6.07, 6.45) is 2.84. The first-order chi connectivity index (χ1) is 8.33. The predicted molar refractivity (Wildman–Crippen MR) is 84.4 cm³/mol. The minimum atomic E-state index is -1.95. The van der Waals surface area contributed by atoms with Crippen molar-refractivity contribution in [1.29, 1.82) is 0 Å². The van der Waals surface area contributed by atoms with Crippen LogP contribution < -0.4 is 0 Å². The van der Waals surface area contributed by atoms with Crippen molar-refractivity contribution in [2.45, 2.75) is 70.8 Å². The molecule has 0 saturated carbocycles. The largest absolute Gasteiger partial charge is 0.408 e. The van der Waals surface area contributed by atoms with Gasteiger partial charge in [0, 0.05) is 0 Å². The molecule has 0 amide bonds. The molecule has 0 bridgehead atoms. The summed E-state index contributed by atoms with van der Waals surface area (Å²) in [6.45, 7) is 17.3. The number of hydrogen-bond acceptors (Lipinski definition) is 3. The summed E-state index contributed by atoms with van der Waals surface area (Å²) in [7, 11) is -3.64. The summed E-state index contributed by atoms with van der Waals surface area (Å²) in [5.41, 5.74) is 0. The van der Waals surface area contributed by atoms with Crippen molar-refractivity contribution in [3.63, 3.8) is 0 Å². The van der Waals surface area contributed by atoms with Gasteiger partial charge in [0.25, 0.3) is 0 Å². The number of hydrogen-bond donors (Lipinski definition) is 0. The first kappa shape index (κ1) is 16.8. The van der Waals surface area contributed by atoms with E-state index in [0.717, 1.165) is 0 Å². The lowest BCUT2D eigenvalue weighted by molar-refractivity contribution is -0.123. The molecule has 0 aromatic carbocycles. The molecule has 0 aliphatic heterocycles. The first-order valence-electron chi connectivity index (χ1n) is 6.91. The van der Waals surface area contributed by atoms with Crippen LogP contribution in [0.4, 0.5) is 0 Å². The van der Waals surface area contributed by atoms with Gasteiger partial charge in [0.05, 0.1) is 6.10 Å². The lowest BCUT2D eigenvalue weighted by Gasteiger charge is -2.40. The fourth-order valence-electron chi connectivity index (χ4n) is 1.68. The zero-order chi connectivity index (χ0) is 15.1. The molecule has 0 aromatic heterocycles. The summed E-state index contributed by atoms with van der Waals surface area (Å²) in [6, 6.07) is 0. The maximum atomic E-state index is 12.0. The summed E-state index contributed by atoms with van der Waals surface area (Å²) in [5, 5.41) is 0.0968. The third kappa shape index (κ3) is 4.38. The van der Waals surface area contributed by atoms with Gasteiger partial charge in [-0.2, -0.15) is 0 Å². The Morgan fingerprint density at radius 2 is 1.58 bits per heavy atom. The van der Waals surface area contributed by atoms with Gasteiger partial charge >= 0.3 is 0 Å². The second-order valence-electron chi connectivity index (χ2n) is 7.76. The molecular formula is C14H28O3Si2. The Morgan fingerprint density at radius 3 is 2.00 bits per heavy atom. The molecule has 1 aliphatic carbocycles. The van der Waals surface area contributed by atoms with E-state index in [9.17, 15) is 4.79 Å². The Labute approximate surface area is 119 Å². The van der Waals surface area contributed by atoms with Crippen LogP contribution in [0.5, 0.6) is 0 Å². The van der Waals surface area contributed by atoms with E-state index in [1.165, 1.54) is 0 Å². The molecule has 110 valence electrons. The van der Waals surface area contributed by atoms with Gasteiger partial charge < -0.3 is 8.85 Å². The lowest BCUT2D eigenvalue weighted by atomic mass is 10.2. The van der Waals surface area contributed by atoms with Crippen LogP contribution in [0.15, 0.2) is 12.2 Å². The van der Waals surface area contributed by atoms with E-state index in [1.807, 2.05) is 6.08 Å². The second kappa shape index (κ2) is 5.27. The molecule has 0 spiro atoms. The van der Waals surface area contributed by atoms with Gasteiger partial charge in [-0.3, -0.25) is 4.79 Å². The molecule has 0 N–H and O–H groups in total. The van der Waals surface area contributed by atoms with Gasteiger partial charge in [-0.05, 0) is 43.8 Å². The Kier molecular flexibility index (Phi) is 4.67. The van der Waals surface area contributed by atoms with Gasteiger partial charge in [-0.1, -0.05) is 26.8 Å². The minimum absolute atomic E-state index is 0.0491. The highest BCUT2D eigenvalue weighted by molar-refractivity contribution is 6.74. The maximum absolute atomic E-state index is 12.0. The molecule has 0 fully saturated rings. The van der Waals surface area contributed by atoms with E-state index in [1.54, 1.807) is 6.08 Å². The summed E-state index contributed by atoms with van der Waals surface area (Å²) in [5.74, 6) is 0.0491. The number of rotatable bonds is 4. The van der Waals surface area contributed by atoms with E-state index in [-0.39, 0.29) is 16.9 Å². The Bertz CT molecular complexity index is 375. The van der Waals surface area contributed by atoms with E-state index < -0.39 is 22.7 Å². The Balaban J connectivity index is 2.84. The van der Waals surface area contributed by atoms with Crippen LogP contribution in [0.1, 0.15) is 20.8 Å². The highest BCUT2D eigenvalue weighted by Gasteiger charge is 2.44. The molecule has 3 nitrogen and oxygen atoms in total. The highest BCUT2D eigenvalue weighted by Crippen LogP contribution is 2.38. The smallest absolute Gasteiger partial charge is 0.193 e. The van der Waals surface area contributed by atoms with E-state index in [0.29, 0.717) is 0 Å². The molecule has 2 atom stereocenters. The summed E-state index contributed by atoms with van der Waals surface area (Å²) >= 11 is 0. The standard InChI is InChI=1S/C14H28O3Si2/c1-14(2,3)19(7,8)17-13-11(15)9-10-12(13)16-18(4,5)6/h9-10,12-13H,1-8H3/t12-,13-/m1/s1. The molecule has 0 radical (unpaired) electrons. The van der Waals surface area contributed by atoms with E-state index in [4.69, 9.17) is 8.85 Å². The molecule has 0 aromatic rings. The molecule has 1 aliphatic rings. The zero-order valence-electron chi connectivity index (χ0n) is 13.5. The molecule has 5 heteroatoms. The van der Waals surface area contributed by atoms with Crippen LogP contribution in [0.25, 0.3) is 0 Å². The van der Waals surface area contributed by atoms with Crippen molar-refractivity contribution in [2.75, 3.05) is 0 Å². The number of carbonyl (C=O) groups excluding carboxylic acids is 1. The molecule has 0 heterocycles. The van der Waals surface area contributed by atoms with Crippen molar-refractivity contribution < 1.29 is 13.6 Å². The fourth-order valence-corrected chi connectivity index (χ4v) is 3.93. The van der Waals surface area contributed by atoms with Crippen molar-refractivity contribution in [3.05, 3.63) is 12.2 Å². The molecule has 0 unspecified atom stereocenters. The van der Waals surface area contributed by atoms with Crippen LogP contribution in [-0.2, 0) is 13.6 Å². The molecular weight excluding hydrogens is 272 g/mol. The third-order valence-electron chi connectivity index (χ3n) is 3.75. The summed E-state index contributed by atoms with van der Waals surface area (Å²) < 4.78 is 12.3. The Hall–Kier alpha value is -0.236. The Morgan fingerprint density at radius 1 is 1.05 bits per heavy atom. The molecule has 1 rings (SSSR count). The van der Waals surface area contributed by atoms with Crippen molar-refractivity contribution in [2.24, 2.45) is 0 Å². The van der Waals surface area contributed by atoms with Gasteiger partial charge in [0.15, 0.2) is 22.4 Å². The van der Waals surface area contributed by atoms with Crippen LogP contribution >= 0.6 is 0 Å². The predicted octanol–water partition coefficient (Wildman–Crippen LogP) is 3.74. The van der Waals surface area contributed by atoms with Crippen LogP contribution in [-0.4, -0.2) is 34.6 Å². The third-order valence-corrected chi connectivity index (χ3v) is 9.18. The normalized spacial score (nSPS) is 25.2. The van der Waals surface area contributed by atoms with Gasteiger partial charge in [-0.25, -0.2) is 0 Å². The van der Waals surface area contributed by atoms with Crippen molar-refractivity contribution in [1.82, 2.24) is 0 Å². The monoisotopic (exact) mass is 300 g/mol. The number of carbonyl (C=O) groups is 1. The minimum Gasteiger partial charge on any atom is -0.408 e.